The van der Waals surface area contributed by atoms with Crippen molar-refractivity contribution in [3.63, 3.8) is 0 Å². The van der Waals surface area contributed by atoms with Gasteiger partial charge in [-0.3, -0.25) is 0 Å². The van der Waals surface area contributed by atoms with Gasteiger partial charge in [0.05, 0.1) is 6.61 Å². The molecule has 4 heteroatoms. The van der Waals surface area contributed by atoms with Gasteiger partial charge in [-0.2, -0.15) is 0 Å². The molecule has 0 atom stereocenters. The second-order valence-electron chi connectivity index (χ2n) is 5.31. The SMILES string of the molecule is CN(C)CCN(C)CC1(CO)CCOCC1. The van der Waals surface area contributed by atoms with Crippen molar-refractivity contribution in [3.05, 3.63) is 0 Å². The quantitative estimate of drug-likeness (QED) is 0.710. The first-order valence-electron chi connectivity index (χ1n) is 6.10. The molecule has 0 amide bonds. The average molecular weight is 230 g/mol. The van der Waals surface area contributed by atoms with Crippen LogP contribution < -0.4 is 0 Å². The number of hydrogen-bond donors (Lipinski definition) is 1. The van der Waals surface area contributed by atoms with E-state index in [1.165, 1.54) is 0 Å². The average Bonchev–Trinajstić information content (AvgIpc) is 2.28. The van der Waals surface area contributed by atoms with E-state index in [4.69, 9.17) is 4.74 Å². The summed E-state index contributed by atoms with van der Waals surface area (Å²) in [5, 5.41) is 9.58. The summed E-state index contributed by atoms with van der Waals surface area (Å²) in [7, 11) is 6.31. The molecule has 0 unspecified atom stereocenters. The number of ether oxygens (including phenoxy) is 1. The maximum Gasteiger partial charge on any atom is 0.0501 e. The highest BCUT2D eigenvalue weighted by atomic mass is 16.5. The van der Waals surface area contributed by atoms with Crippen LogP contribution in [-0.2, 0) is 4.74 Å². The Labute approximate surface area is 99.2 Å². The van der Waals surface area contributed by atoms with E-state index < -0.39 is 0 Å². The summed E-state index contributed by atoms with van der Waals surface area (Å²) in [4.78, 5) is 4.51. The summed E-state index contributed by atoms with van der Waals surface area (Å²) in [6.45, 7) is 4.96. The van der Waals surface area contributed by atoms with Crippen molar-refractivity contribution in [3.8, 4) is 0 Å². The summed E-state index contributed by atoms with van der Waals surface area (Å²) in [5.74, 6) is 0. The molecule has 4 nitrogen and oxygen atoms in total. The molecule has 16 heavy (non-hydrogen) atoms. The fourth-order valence-corrected chi connectivity index (χ4v) is 2.19. The lowest BCUT2D eigenvalue weighted by Gasteiger charge is -2.38. The molecule has 1 heterocycles. The van der Waals surface area contributed by atoms with Gasteiger partial charge >= 0.3 is 0 Å². The first-order valence-corrected chi connectivity index (χ1v) is 6.10. The molecule has 0 aliphatic carbocycles. The molecule has 0 spiro atoms. The Bertz CT molecular complexity index is 191. The maximum atomic E-state index is 9.58. The highest BCUT2D eigenvalue weighted by molar-refractivity contribution is 4.84. The zero-order valence-corrected chi connectivity index (χ0v) is 10.9. The van der Waals surface area contributed by atoms with Crippen LogP contribution in [0.25, 0.3) is 0 Å². The number of likely N-dealkylation sites (N-methyl/N-ethyl adjacent to an activating group) is 2. The molecular weight excluding hydrogens is 204 g/mol. The van der Waals surface area contributed by atoms with Crippen molar-refractivity contribution in [2.45, 2.75) is 12.8 Å². The van der Waals surface area contributed by atoms with Gasteiger partial charge in [-0.05, 0) is 34.0 Å². The standard InChI is InChI=1S/C12H26N2O2/c1-13(2)6-7-14(3)10-12(11-15)4-8-16-9-5-12/h15H,4-11H2,1-3H3. The third-order valence-corrected chi connectivity index (χ3v) is 3.42. The van der Waals surface area contributed by atoms with Crippen LogP contribution in [0.4, 0.5) is 0 Å². The third kappa shape index (κ3) is 4.37. The van der Waals surface area contributed by atoms with Crippen LogP contribution in [0.2, 0.25) is 0 Å². The van der Waals surface area contributed by atoms with Gasteiger partial charge in [0.2, 0.25) is 0 Å². The number of aliphatic hydroxyl groups is 1. The van der Waals surface area contributed by atoms with E-state index in [2.05, 4.69) is 30.9 Å². The van der Waals surface area contributed by atoms with Crippen LogP contribution in [0.1, 0.15) is 12.8 Å². The Balaban J connectivity index is 2.36. The van der Waals surface area contributed by atoms with E-state index in [9.17, 15) is 5.11 Å². The molecule has 1 rings (SSSR count). The number of aliphatic hydroxyl groups excluding tert-OH is 1. The van der Waals surface area contributed by atoms with Gasteiger partial charge in [0.1, 0.15) is 0 Å². The zero-order chi connectivity index (χ0) is 12.0. The van der Waals surface area contributed by atoms with E-state index in [0.29, 0.717) is 0 Å². The Hall–Kier alpha value is -0.160. The third-order valence-electron chi connectivity index (χ3n) is 3.42. The summed E-state index contributed by atoms with van der Waals surface area (Å²) in [6, 6.07) is 0. The van der Waals surface area contributed by atoms with Gasteiger partial charge in [-0.1, -0.05) is 0 Å². The molecule has 0 aromatic heterocycles. The monoisotopic (exact) mass is 230 g/mol. The van der Waals surface area contributed by atoms with Gasteiger partial charge in [0.25, 0.3) is 0 Å². The number of rotatable bonds is 6. The van der Waals surface area contributed by atoms with Crippen molar-refractivity contribution in [2.75, 3.05) is 60.6 Å². The van der Waals surface area contributed by atoms with Crippen molar-refractivity contribution >= 4 is 0 Å². The maximum absolute atomic E-state index is 9.58. The largest absolute Gasteiger partial charge is 0.396 e. The van der Waals surface area contributed by atoms with Gasteiger partial charge in [-0.25, -0.2) is 0 Å². The molecule has 1 saturated heterocycles. The van der Waals surface area contributed by atoms with Crippen molar-refractivity contribution in [2.24, 2.45) is 5.41 Å². The Morgan fingerprint density at radius 2 is 1.75 bits per heavy atom. The van der Waals surface area contributed by atoms with E-state index >= 15 is 0 Å². The fourth-order valence-electron chi connectivity index (χ4n) is 2.19. The molecule has 96 valence electrons. The molecule has 1 N–H and O–H groups in total. The lowest BCUT2D eigenvalue weighted by atomic mass is 9.80. The van der Waals surface area contributed by atoms with Gasteiger partial charge in [0, 0.05) is 38.3 Å². The first-order chi connectivity index (χ1) is 7.58. The summed E-state index contributed by atoms with van der Waals surface area (Å²) < 4.78 is 5.37. The van der Waals surface area contributed by atoms with Crippen LogP contribution in [-0.4, -0.2) is 75.5 Å². The lowest BCUT2D eigenvalue weighted by Crippen LogP contribution is -2.44. The van der Waals surface area contributed by atoms with Crippen LogP contribution >= 0.6 is 0 Å². The van der Waals surface area contributed by atoms with Gasteiger partial charge in [0.15, 0.2) is 0 Å². The molecule has 0 aromatic rings. The number of nitrogens with zero attached hydrogens (tertiary/aromatic N) is 2. The molecule has 0 bridgehead atoms. The van der Waals surface area contributed by atoms with E-state index in [-0.39, 0.29) is 12.0 Å². The van der Waals surface area contributed by atoms with Crippen LogP contribution in [0.3, 0.4) is 0 Å². The Morgan fingerprint density at radius 1 is 1.12 bits per heavy atom. The molecule has 0 radical (unpaired) electrons. The second kappa shape index (κ2) is 6.55. The molecular formula is C12H26N2O2. The second-order valence-corrected chi connectivity index (χ2v) is 5.31. The topological polar surface area (TPSA) is 35.9 Å². The van der Waals surface area contributed by atoms with Gasteiger partial charge < -0.3 is 19.6 Å². The van der Waals surface area contributed by atoms with Crippen LogP contribution in [0.5, 0.6) is 0 Å². The minimum absolute atomic E-state index is 0.0688. The first kappa shape index (κ1) is 13.9. The Kier molecular flexibility index (Phi) is 5.69. The van der Waals surface area contributed by atoms with Crippen molar-refractivity contribution in [1.82, 2.24) is 9.80 Å². The van der Waals surface area contributed by atoms with Crippen molar-refractivity contribution < 1.29 is 9.84 Å². The van der Waals surface area contributed by atoms with Crippen LogP contribution in [0, 0.1) is 5.41 Å². The minimum atomic E-state index is 0.0688. The summed E-state index contributed by atoms with van der Waals surface area (Å²) in [6.07, 6.45) is 1.96. The normalized spacial score (nSPS) is 20.6. The van der Waals surface area contributed by atoms with E-state index in [1.807, 2.05) is 0 Å². The minimum Gasteiger partial charge on any atom is -0.396 e. The predicted octanol–water partition coefficient (Wildman–Crippen LogP) is 0.269. The van der Waals surface area contributed by atoms with E-state index in [1.54, 1.807) is 0 Å². The fraction of sp³-hybridized carbons (Fsp3) is 1.00. The zero-order valence-electron chi connectivity index (χ0n) is 10.9. The van der Waals surface area contributed by atoms with Crippen LogP contribution in [0.15, 0.2) is 0 Å². The molecule has 1 aliphatic rings. The molecule has 0 aromatic carbocycles. The van der Waals surface area contributed by atoms with Crippen molar-refractivity contribution in [1.29, 1.82) is 0 Å². The lowest BCUT2D eigenvalue weighted by molar-refractivity contribution is -0.0312. The van der Waals surface area contributed by atoms with E-state index in [0.717, 1.165) is 45.7 Å². The Morgan fingerprint density at radius 3 is 2.25 bits per heavy atom. The summed E-state index contributed by atoms with van der Waals surface area (Å²) in [5.41, 5.74) is 0.0688. The predicted molar refractivity (Wildman–Crippen MR) is 65.6 cm³/mol. The smallest absolute Gasteiger partial charge is 0.0501 e. The summed E-state index contributed by atoms with van der Waals surface area (Å²) >= 11 is 0. The molecule has 1 aliphatic heterocycles. The highest BCUT2D eigenvalue weighted by Gasteiger charge is 2.32. The molecule has 1 fully saturated rings. The molecule has 0 saturated carbocycles. The van der Waals surface area contributed by atoms with Gasteiger partial charge in [-0.15, -0.1) is 0 Å². The highest BCUT2D eigenvalue weighted by Crippen LogP contribution is 2.30. The number of hydrogen-bond acceptors (Lipinski definition) is 4.